The molecule has 0 saturated heterocycles. The zero-order valence-electron chi connectivity index (χ0n) is 11.1. The lowest BCUT2D eigenvalue weighted by atomic mass is 9.84. The normalized spacial score (nSPS) is 19.2. The van der Waals surface area contributed by atoms with E-state index in [2.05, 4.69) is 4.72 Å². The lowest BCUT2D eigenvalue weighted by molar-refractivity contribution is 0.294. The first-order chi connectivity index (χ1) is 9.13. The second-order valence-corrected chi connectivity index (χ2v) is 6.89. The SMILES string of the molecule is NCC(NS(=O)(=O)c1ccccc1)C1CCCCC1. The molecule has 2 rings (SSSR count). The predicted octanol–water partition coefficient (Wildman–Crippen LogP) is 1.87. The molecule has 1 saturated carbocycles. The lowest BCUT2D eigenvalue weighted by Crippen LogP contribution is -2.45. The second-order valence-electron chi connectivity index (χ2n) is 5.17. The molecule has 1 atom stereocenters. The van der Waals surface area contributed by atoms with Crippen molar-refractivity contribution < 1.29 is 8.42 Å². The van der Waals surface area contributed by atoms with Gasteiger partial charge < -0.3 is 5.73 Å². The molecular formula is C14H22N2O2S. The molecule has 1 unspecified atom stereocenters. The van der Waals surface area contributed by atoms with E-state index in [0.717, 1.165) is 12.8 Å². The van der Waals surface area contributed by atoms with Crippen LogP contribution in [0.1, 0.15) is 32.1 Å². The highest BCUT2D eigenvalue weighted by molar-refractivity contribution is 7.89. The van der Waals surface area contributed by atoms with Crippen molar-refractivity contribution in [3.63, 3.8) is 0 Å². The average Bonchev–Trinajstić information content (AvgIpc) is 2.47. The predicted molar refractivity (Wildman–Crippen MR) is 76.2 cm³/mol. The summed E-state index contributed by atoms with van der Waals surface area (Å²) in [7, 11) is -3.45. The van der Waals surface area contributed by atoms with E-state index in [9.17, 15) is 8.42 Å². The maximum absolute atomic E-state index is 12.3. The molecule has 1 fully saturated rings. The summed E-state index contributed by atoms with van der Waals surface area (Å²) in [5.74, 6) is 0.372. The van der Waals surface area contributed by atoms with Crippen LogP contribution in [0, 0.1) is 5.92 Å². The van der Waals surface area contributed by atoms with Gasteiger partial charge in [-0.2, -0.15) is 0 Å². The molecule has 0 radical (unpaired) electrons. The molecule has 1 aromatic carbocycles. The standard InChI is InChI=1S/C14H22N2O2S/c15-11-14(12-7-3-1-4-8-12)16-19(17,18)13-9-5-2-6-10-13/h2,5-6,9-10,12,14,16H,1,3-4,7-8,11,15H2. The van der Waals surface area contributed by atoms with Gasteiger partial charge in [0, 0.05) is 12.6 Å². The molecule has 3 N–H and O–H groups in total. The Morgan fingerprint density at radius 1 is 1.16 bits per heavy atom. The zero-order valence-corrected chi connectivity index (χ0v) is 11.9. The van der Waals surface area contributed by atoms with Crippen LogP contribution in [0.2, 0.25) is 0 Å². The number of hydrogen-bond acceptors (Lipinski definition) is 3. The smallest absolute Gasteiger partial charge is 0.240 e. The highest BCUT2D eigenvalue weighted by Crippen LogP contribution is 2.27. The zero-order chi connectivity index (χ0) is 13.7. The van der Waals surface area contributed by atoms with Gasteiger partial charge in [0.25, 0.3) is 0 Å². The fourth-order valence-corrected chi connectivity index (χ4v) is 4.08. The first kappa shape index (κ1) is 14.5. The van der Waals surface area contributed by atoms with Crippen LogP contribution in [0.4, 0.5) is 0 Å². The van der Waals surface area contributed by atoms with Crippen molar-refractivity contribution >= 4 is 10.0 Å². The Hall–Kier alpha value is -0.910. The molecule has 0 amide bonds. The molecule has 4 nitrogen and oxygen atoms in total. The minimum absolute atomic E-state index is 0.148. The number of benzene rings is 1. The van der Waals surface area contributed by atoms with Crippen molar-refractivity contribution in [2.45, 2.75) is 43.0 Å². The lowest BCUT2D eigenvalue weighted by Gasteiger charge is -2.29. The maximum Gasteiger partial charge on any atom is 0.240 e. The Kier molecular flexibility index (Phi) is 4.96. The summed E-state index contributed by atoms with van der Waals surface area (Å²) in [6.45, 7) is 0.358. The first-order valence-corrected chi connectivity index (χ1v) is 8.39. The van der Waals surface area contributed by atoms with Crippen molar-refractivity contribution in [2.24, 2.45) is 11.7 Å². The molecule has 19 heavy (non-hydrogen) atoms. The maximum atomic E-state index is 12.3. The highest BCUT2D eigenvalue weighted by Gasteiger charge is 2.27. The third-order valence-corrected chi connectivity index (χ3v) is 5.34. The fraction of sp³-hybridized carbons (Fsp3) is 0.571. The quantitative estimate of drug-likeness (QED) is 0.866. The summed E-state index contributed by atoms with van der Waals surface area (Å²) < 4.78 is 27.3. The Morgan fingerprint density at radius 3 is 2.37 bits per heavy atom. The Morgan fingerprint density at radius 2 is 1.79 bits per heavy atom. The summed E-state index contributed by atoms with van der Waals surface area (Å²) in [6.07, 6.45) is 5.74. The van der Waals surface area contributed by atoms with Crippen LogP contribution in [0.15, 0.2) is 35.2 Å². The molecule has 5 heteroatoms. The number of rotatable bonds is 5. The van der Waals surface area contributed by atoms with Crippen LogP contribution in [0.3, 0.4) is 0 Å². The summed E-state index contributed by atoms with van der Waals surface area (Å²) in [5, 5.41) is 0. The molecule has 1 aliphatic rings. The number of hydrogen-bond donors (Lipinski definition) is 2. The topological polar surface area (TPSA) is 72.2 Å². The van der Waals surface area contributed by atoms with Gasteiger partial charge in [0.1, 0.15) is 0 Å². The highest BCUT2D eigenvalue weighted by atomic mass is 32.2. The van der Waals surface area contributed by atoms with Crippen LogP contribution in [0.5, 0.6) is 0 Å². The number of nitrogens with one attached hydrogen (secondary N) is 1. The Bertz CT molecular complexity index is 481. The van der Waals surface area contributed by atoms with Gasteiger partial charge in [-0.3, -0.25) is 0 Å². The van der Waals surface area contributed by atoms with Crippen molar-refractivity contribution in [3.8, 4) is 0 Å². The molecule has 1 aromatic rings. The van der Waals surface area contributed by atoms with Crippen LogP contribution < -0.4 is 10.5 Å². The molecular weight excluding hydrogens is 260 g/mol. The Balaban J connectivity index is 2.09. The van der Waals surface area contributed by atoms with E-state index in [1.54, 1.807) is 30.3 Å². The molecule has 0 bridgehead atoms. The van der Waals surface area contributed by atoms with Crippen molar-refractivity contribution in [1.82, 2.24) is 4.72 Å². The van der Waals surface area contributed by atoms with Crippen molar-refractivity contribution in [2.75, 3.05) is 6.54 Å². The number of nitrogens with two attached hydrogens (primary N) is 1. The van der Waals surface area contributed by atoms with Crippen molar-refractivity contribution in [1.29, 1.82) is 0 Å². The van der Waals surface area contributed by atoms with Gasteiger partial charge in [-0.1, -0.05) is 37.5 Å². The van der Waals surface area contributed by atoms with E-state index in [4.69, 9.17) is 5.73 Å². The minimum Gasteiger partial charge on any atom is -0.329 e. The van der Waals surface area contributed by atoms with E-state index in [1.165, 1.54) is 19.3 Å². The first-order valence-electron chi connectivity index (χ1n) is 6.91. The summed E-state index contributed by atoms with van der Waals surface area (Å²) in [6, 6.07) is 8.33. The summed E-state index contributed by atoms with van der Waals surface area (Å²) >= 11 is 0. The van der Waals surface area contributed by atoms with Gasteiger partial charge in [-0.05, 0) is 30.9 Å². The van der Waals surface area contributed by atoms with Gasteiger partial charge in [-0.15, -0.1) is 0 Å². The van der Waals surface area contributed by atoms with Gasteiger partial charge in [0.05, 0.1) is 4.90 Å². The van der Waals surface area contributed by atoms with E-state index in [1.807, 2.05) is 0 Å². The third-order valence-electron chi connectivity index (χ3n) is 3.83. The molecule has 0 spiro atoms. The second kappa shape index (κ2) is 6.50. The molecule has 0 heterocycles. The molecule has 0 aromatic heterocycles. The Labute approximate surface area is 115 Å². The van der Waals surface area contributed by atoms with Crippen molar-refractivity contribution in [3.05, 3.63) is 30.3 Å². The largest absolute Gasteiger partial charge is 0.329 e. The van der Waals surface area contributed by atoms with Gasteiger partial charge in [0.2, 0.25) is 10.0 Å². The third kappa shape index (κ3) is 3.78. The van der Waals surface area contributed by atoms with Gasteiger partial charge in [-0.25, -0.2) is 13.1 Å². The summed E-state index contributed by atoms with van der Waals surface area (Å²) in [5.41, 5.74) is 5.76. The fourth-order valence-electron chi connectivity index (χ4n) is 2.74. The van der Waals surface area contributed by atoms with E-state index >= 15 is 0 Å². The molecule has 106 valence electrons. The molecule has 0 aliphatic heterocycles. The van der Waals surface area contributed by atoms with Crippen LogP contribution >= 0.6 is 0 Å². The van der Waals surface area contributed by atoms with E-state index in [0.29, 0.717) is 17.4 Å². The van der Waals surface area contributed by atoms with Crippen LogP contribution in [-0.4, -0.2) is 21.0 Å². The minimum atomic E-state index is -3.45. The van der Waals surface area contributed by atoms with Gasteiger partial charge >= 0.3 is 0 Å². The summed E-state index contributed by atoms with van der Waals surface area (Å²) in [4.78, 5) is 0.309. The van der Waals surface area contributed by atoms with Crippen LogP contribution in [0.25, 0.3) is 0 Å². The van der Waals surface area contributed by atoms with Crippen LogP contribution in [-0.2, 0) is 10.0 Å². The van der Waals surface area contributed by atoms with E-state index in [-0.39, 0.29) is 6.04 Å². The monoisotopic (exact) mass is 282 g/mol. The van der Waals surface area contributed by atoms with Gasteiger partial charge in [0.15, 0.2) is 0 Å². The average molecular weight is 282 g/mol. The van der Waals surface area contributed by atoms with E-state index < -0.39 is 10.0 Å². The molecule has 1 aliphatic carbocycles. The number of sulfonamides is 1.